The average molecular weight is 197 g/mol. The monoisotopic (exact) mass is 197 g/mol. The Bertz CT molecular complexity index is 547. The van der Waals surface area contributed by atoms with Crippen molar-refractivity contribution in [2.75, 3.05) is 0 Å². The summed E-state index contributed by atoms with van der Waals surface area (Å²) in [5.41, 5.74) is 6.38. The zero-order chi connectivity index (χ0) is 11.0. The van der Waals surface area contributed by atoms with Crippen LogP contribution in [-0.4, -0.2) is 11.7 Å². The van der Waals surface area contributed by atoms with Crippen molar-refractivity contribution in [3.63, 3.8) is 0 Å². The van der Waals surface area contributed by atoms with E-state index in [4.69, 9.17) is 12.2 Å². The van der Waals surface area contributed by atoms with Crippen molar-refractivity contribution in [3.8, 4) is 12.3 Å². The number of hydrogen-bond donors (Lipinski definition) is 1. The van der Waals surface area contributed by atoms with Crippen molar-refractivity contribution in [3.05, 3.63) is 41.0 Å². The number of rotatable bonds is 1. The van der Waals surface area contributed by atoms with Crippen molar-refractivity contribution >= 4 is 17.3 Å². The third kappa shape index (κ3) is 1.16. The van der Waals surface area contributed by atoms with E-state index in [9.17, 15) is 9.59 Å². The van der Waals surface area contributed by atoms with Gasteiger partial charge < -0.3 is 5.73 Å². The van der Waals surface area contributed by atoms with Crippen LogP contribution in [0.3, 0.4) is 0 Å². The van der Waals surface area contributed by atoms with Gasteiger partial charge in [0, 0.05) is 16.7 Å². The van der Waals surface area contributed by atoms with Gasteiger partial charge in [0.05, 0.1) is 0 Å². The predicted octanol–water partition coefficient (Wildman–Crippen LogP) is 0.755. The Hall–Kier alpha value is -2.34. The molecular formula is C12H7NO2. The van der Waals surface area contributed by atoms with Crippen LogP contribution in [-0.2, 0) is 4.79 Å². The first kappa shape index (κ1) is 9.22. The molecule has 1 aliphatic carbocycles. The van der Waals surface area contributed by atoms with Crippen molar-refractivity contribution in [2.45, 2.75) is 0 Å². The molecule has 0 spiro atoms. The summed E-state index contributed by atoms with van der Waals surface area (Å²) >= 11 is 0. The van der Waals surface area contributed by atoms with Crippen LogP contribution in [0.25, 0.3) is 5.57 Å². The van der Waals surface area contributed by atoms with Crippen LogP contribution in [0.2, 0.25) is 0 Å². The molecule has 2 N–H and O–H groups in total. The van der Waals surface area contributed by atoms with Crippen LogP contribution < -0.4 is 5.73 Å². The van der Waals surface area contributed by atoms with E-state index in [1.165, 1.54) is 0 Å². The van der Waals surface area contributed by atoms with E-state index < -0.39 is 5.91 Å². The van der Waals surface area contributed by atoms with E-state index in [2.05, 4.69) is 5.92 Å². The molecule has 3 heteroatoms. The van der Waals surface area contributed by atoms with Crippen molar-refractivity contribution in [1.82, 2.24) is 0 Å². The number of carbonyl (C=O) groups excluding carboxylic acids is 2. The minimum atomic E-state index is -0.774. The second-order valence-corrected chi connectivity index (χ2v) is 3.13. The number of amides is 1. The van der Waals surface area contributed by atoms with Gasteiger partial charge in [-0.2, -0.15) is 0 Å². The zero-order valence-corrected chi connectivity index (χ0v) is 7.78. The summed E-state index contributed by atoms with van der Waals surface area (Å²) in [5, 5.41) is 0. The van der Waals surface area contributed by atoms with Gasteiger partial charge in [0.1, 0.15) is 5.57 Å². The standard InChI is InChI=1S/C12H7NO2/c1-2-7-8-5-3-4-6-9(8)11(14)10(7)12(13)15/h1,3-6H,(H2,13,15). The fourth-order valence-corrected chi connectivity index (χ4v) is 1.67. The molecule has 0 heterocycles. The second-order valence-electron chi connectivity index (χ2n) is 3.13. The molecule has 3 nitrogen and oxygen atoms in total. The maximum absolute atomic E-state index is 11.8. The number of nitrogens with two attached hydrogens (primary N) is 1. The molecule has 2 rings (SSSR count). The van der Waals surface area contributed by atoms with Gasteiger partial charge in [0.15, 0.2) is 5.78 Å². The van der Waals surface area contributed by atoms with Gasteiger partial charge in [-0.25, -0.2) is 0 Å². The second kappa shape index (κ2) is 3.10. The molecule has 72 valence electrons. The molecular weight excluding hydrogens is 190 g/mol. The molecule has 0 saturated heterocycles. The molecule has 15 heavy (non-hydrogen) atoms. The van der Waals surface area contributed by atoms with E-state index in [-0.39, 0.29) is 11.4 Å². The van der Waals surface area contributed by atoms with Crippen LogP contribution in [0, 0.1) is 12.3 Å². The number of carbonyl (C=O) groups is 2. The summed E-state index contributed by atoms with van der Waals surface area (Å²) in [4.78, 5) is 22.9. The average Bonchev–Trinajstić information content (AvgIpc) is 2.52. The quantitative estimate of drug-likeness (QED) is 0.533. The van der Waals surface area contributed by atoms with Crippen LogP contribution in [0.4, 0.5) is 0 Å². The molecule has 1 amide bonds. The highest BCUT2D eigenvalue weighted by atomic mass is 16.2. The maximum Gasteiger partial charge on any atom is 0.253 e. The Morgan fingerprint density at radius 3 is 2.40 bits per heavy atom. The topological polar surface area (TPSA) is 60.2 Å². The highest BCUT2D eigenvalue weighted by Gasteiger charge is 2.31. The Labute approximate surface area is 86.6 Å². The third-order valence-electron chi connectivity index (χ3n) is 2.31. The number of benzene rings is 1. The highest BCUT2D eigenvalue weighted by molar-refractivity contribution is 6.35. The minimum Gasteiger partial charge on any atom is -0.365 e. The number of ketones is 1. The van der Waals surface area contributed by atoms with Crippen molar-refractivity contribution < 1.29 is 9.59 Å². The smallest absolute Gasteiger partial charge is 0.253 e. The lowest BCUT2D eigenvalue weighted by Gasteiger charge is -1.95. The van der Waals surface area contributed by atoms with Gasteiger partial charge in [0.25, 0.3) is 5.91 Å². The lowest BCUT2D eigenvalue weighted by molar-refractivity contribution is -0.114. The van der Waals surface area contributed by atoms with E-state index >= 15 is 0 Å². The van der Waals surface area contributed by atoms with Crippen molar-refractivity contribution in [2.24, 2.45) is 5.73 Å². The molecule has 1 aliphatic rings. The summed E-state index contributed by atoms with van der Waals surface area (Å²) in [6.07, 6.45) is 5.27. The number of Topliss-reactive ketones (excluding diaryl/α,β-unsaturated/α-hetero) is 1. The molecule has 0 fully saturated rings. The summed E-state index contributed by atoms with van der Waals surface area (Å²) < 4.78 is 0. The minimum absolute atomic E-state index is 0.0845. The number of hydrogen-bond acceptors (Lipinski definition) is 2. The van der Waals surface area contributed by atoms with E-state index in [1.807, 2.05) is 0 Å². The van der Waals surface area contributed by atoms with Crippen LogP contribution in [0.5, 0.6) is 0 Å². The first-order chi connectivity index (χ1) is 7.16. The maximum atomic E-state index is 11.8. The molecule has 0 aliphatic heterocycles. The van der Waals surface area contributed by atoms with Crippen molar-refractivity contribution in [1.29, 1.82) is 0 Å². The Balaban J connectivity index is 2.76. The molecule has 0 radical (unpaired) electrons. The first-order valence-electron chi connectivity index (χ1n) is 4.31. The van der Waals surface area contributed by atoms with Gasteiger partial charge >= 0.3 is 0 Å². The third-order valence-corrected chi connectivity index (χ3v) is 2.31. The number of terminal acetylenes is 1. The highest BCUT2D eigenvalue weighted by Crippen LogP contribution is 2.31. The van der Waals surface area contributed by atoms with Gasteiger partial charge in [-0.1, -0.05) is 30.2 Å². The Kier molecular flexibility index (Phi) is 1.91. The fraction of sp³-hybridized carbons (Fsp3) is 0. The number of fused-ring (bicyclic) bond motifs is 1. The van der Waals surface area contributed by atoms with Gasteiger partial charge in [-0.05, 0) is 0 Å². The van der Waals surface area contributed by atoms with Crippen LogP contribution in [0.1, 0.15) is 15.9 Å². The molecule has 1 aromatic carbocycles. The van der Waals surface area contributed by atoms with Crippen LogP contribution >= 0.6 is 0 Å². The summed E-state index contributed by atoms with van der Waals surface area (Å²) in [5.74, 6) is 1.18. The lowest BCUT2D eigenvalue weighted by Crippen LogP contribution is -2.18. The molecule has 0 saturated carbocycles. The Morgan fingerprint density at radius 2 is 1.87 bits per heavy atom. The number of primary amides is 1. The van der Waals surface area contributed by atoms with Gasteiger partial charge in [-0.15, -0.1) is 6.42 Å². The SMILES string of the molecule is C#CC1=C(C(N)=O)C(=O)c2ccccc21. The molecule has 0 bridgehead atoms. The van der Waals surface area contributed by atoms with Gasteiger partial charge in [0.2, 0.25) is 0 Å². The predicted molar refractivity (Wildman–Crippen MR) is 55.7 cm³/mol. The molecule has 0 aromatic heterocycles. The van der Waals surface area contributed by atoms with E-state index in [1.54, 1.807) is 24.3 Å². The van der Waals surface area contributed by atoms with Crippen LogP contribution in [0.15, 0.2) is 29.8 Å². The summed E-state index contributed by atoms with van der Waals surface area (Å²) in [7, 11) is 0. The summed E-state index contributed by atoms with van der Waals surface area (Å²) in [6.45, 7) is 0. The Morgan fingerprint density at radius 1 is 1.27 bits per heavy atom. The molecule has 0 atom stereocenters. The first-order valence-corrected chi connectivity index (χ1v) is 4.31. The van der Waals surface area contributed by atoms with Gasteiger partial charge in [-0.3, -0.25) is 9.59 Å². The largest absolute Gasteiger partial charge is 0.365 e. The zero-order valence-electron chi connectivity index (χ0n) is 7.78. The normalized spacial score (nSPS) is 13.7. The summed E-state index contributed by atoms with van der Waals surface area (Å²) in [6, 6.07) is 6.81. The number of allylic oxidation sites excluding steroid dienone is 1. The van der Waals surface area contributed by atoms with E-state index in [0.29, 0.717) is 16.7 Å². The molecule has 0 unspecified atom stereocenters. The van der Waals surface area contributed by atoms with E-state index in [0.717, 1.165) is 0 Å². The lowest BCUT2D eigenvalue weighted by atomic mass is 10.1. The fourth-order valence-electron chi connectivity index (χ4n) is 1.67. The molecule has 1 aromatic rings.